The maximum Gasteiger partial charge on any atom is 0.340 e. The molecule has 0 fully saturated rings. The summed E-state index contributed by atoms with van der Waals surface area (Å²) >= 11 is 9.25. The molecular formula is C10H7BrClNO2. The zero-order valence-electron chi connectivity index (χ0n) is 7.67. The van der Waals surface area contributed by atoms with Gasteiger partial charge < -0.3 is 4.84 Å². The van der Waals surface area contributed by atoms with E-state index in [4.69, 9.17) is 11.6 Å². The van der Waals surface area contributed by atoms with Gasteiger partial charge in [0.2, 0.25) is 0 Å². The lowest BCUT2D eigenvalue weighted by molar-refractivity contribution is -0.140. The van der Waals surface area contributed by atoms with E-state index in [1.807, 2.05) is 18.2 Å². The number of nitrogens with zero attached hydrogens (tertiary/aromatic N) is 1. The monoisotopic (exact) mass is 287 g/mol. The van der Waals surface area contributed by atoms with Crippen LogP contribution in [0.15, 0.2) is 27.8 Å². The van der Waals surface area contributed by atoms with Crippen LogP contribution in [0.4, 0.5) is 0 Å². The molecule has 1 aromatic rings. The summed E-state index contributed by atoms with van der Waals surface area (Å²) in [7, 11) is 0. The topological polar surface area (TPSA) is 38.7 Å². The van der Waals surface area contributed by atoms with Crippen molar-refractivity contribution in [2.45, 2.75) is 12.8 Å². The first-order chi connectivity index (χ1) is 7.15. The van der Waals surface area contributed by atoms with Crippen LogP contribution in [0.5, 0.6) is 0 Å². The summed E-state index contributed by atoms with van der Waals surface area (Å²) in [6.07, 6.45) is 0.867. The van der Waals surface area contributed by atoms with Crippen LogP contribution in [0.2, 0.25) is 5.02 Å². The fourth-order valence-corrected chi connectivity index (χ4v) is 1.78. The first kappa shape index (κ1) is 10.6. The third-order valence-electron chi connectivity index (χ3n) is 2.02. The summed E-state index contributed by atoms with van der Waals surface area (Å²) in [6.45, 7) is 0. The molecule has 78 valence electrons. The van der Waals surface area contributed by atoms with Crippen LogP contribution in [0.25, 0.3) is 0 Å². The first-order valence-electron chi connectivity index (χ1n) is 4.34. The summed E-state index contributed by atoms with van der Waals surface area (Å²) < 4.78 is 0.855. The molecule has 0 unspecified atom stereocenters. The number of oxime groups is 1. The van der Waals surface area contributed by atoms with E-state index in [-0.39, 0.29) is 12.4 Å². The van der Waals surface area contributed by atoms with E-state index in [2.05, 4.69) is 25.9 Å². The zero-order chi connectivity index (χ0) is 10.8. The standard InChI is InChI=1S/C10H7BrClNO2/c11-8-2-1-6(4-9(8)12)3-7-5-10(14)15-13-7/h1-2,4H,3,5H2. The number of carbonyl (C=O) groups excluding carboxylic acids is 1. The van der Waals surface area contributed by atoms with Gasteiger partial charge in [-0.3, -0.25) is 0 Å². The van der Waals surface area contributed by atoms with E-state index in [0.29, 0.717) is 11.4 Å². The minimum atomic E-state index is -0.298. The predicted octanol–water partition coefficient (Wildman–Crippen LogP) is 2.95. The summed E-state index contributed by atoms with van der Waals surface area (Å²) in [4.78, 5) is 15.3. The Morgan fingerprint density at radius 1 is 1.53 bits per heavy atom. The number of rotatable bonds is 2. The van der Waals surface area contributed by atoms with Crippen LogP contribution in [-0.4, -0.2) is 11.7 Å². The van der Waals surface area contributed by atoms with Gasteiger partial charge in [-0.2, -0.15) is 0 Å². The van der Waals surface area contributed by atoms with Crippen LogP contribution in [0.1, 0.15) is 12.0 Å². The Bertz CT molecular complexity index is 445. The molecule has 0 atom stereocenters. The third-order valence-corrected chi connectivity index (χ3v) is 3.25. The Hall–Kier alpha value is -0.870. The fourth-order valence-electron chi connectivity index (χ4n) is 1.33. The van der Waals surface area contributed by atoms with Crippen LogP contribution in [-0.2, 0) is 16.1 Å². The minimum absolute atomic E-state index is 0.272. The van der Waals surface area contributed by atoms with Gasteiger partial charge in [-0.15, -0.1) is 0 Å². The number of halogens is 2. The fraction of sp³-hybridized carbons (Fsp3) is 0.200. The molecule has 0 N–H and O–H groups in total. The minimum Gasteiger partial charge on any atom is -0.318 e. The Kier molecular flexibility index (Phi) is 3.07. The van der Waals surface area contributed by atoms with Gasteiger partial charge in [-0.05, 0) is 33.6 Å². The van der Waals surface area contributed by atoms with Gasteiger partial charge in [-0.1, -0.05) is 22.8 Å². The molecular weight excluding hydrogens is 281 g/mol. The highest BCUT2D eigenvalue weighted by Gasteiger charge is 2.17. The molecule has 1 heterocycles. The number of hydrogen-bond acceptors (Lipinski definition) is 3. The van der Waals surface area contributed by atoms with Crippen molar-refractivity contribution >= 4 is 39.2 Å². The summed E-state index contributed by atoms with van der Waals surface area (Å²) in [6, 6.07) is 5.65. The summed E-state index contributed by atoms with van der Waals surface area (Å²) in [5, 5.41) is 4.33. The van der Waals surface area contributed by atoms with Crippen molar-refractivity contribution in [3.63, 3.8) is 0 Å². The van der Waals surface area contributed by atoms with Crippen LogP contribution in [0.3, 0.4) is 0 Å². The van der Waals surface area contributed by atoms with Crippen molar-refractivity contribution in [1.82, 2.24) is 0 Å². The average molecular weight is 289 g/mol. The third kappa shape index (κ3) is 2.58. The zero-order valence-corrected chi connectivity index (χ0v) is 10.0. The van der Waals surface area contributed by atoms with Crippen molar-refractivity contribution in [2.24, 2.45) is 5.16 Å². The molecule has 2 rings (SSSR count). The number of benzene rings is 1. The largest absolute Gasteiger partial charge is 0.340 e. The van der Waals surface area contributed by atoms with Gasteiger partial charge >= 0.3 is 5.97 Å². The van der Waals surface area contributed by atoms with Crippen LogP contribution >= 0.6 is 27.5 Å². The van der Waals surface area contributed by atoms with Gasteiger partial charge in [0.25, 0.3) is 0 Å². The molecule has 5 heteroatoms. The highest BCUT2D eigenvalue weighted by Crippen LogP contribution is 2.24. The quantitative estimate of drug-likeness (QED) is 0.785. The molecule has 0 saturated heterocycles. The lowest BCUT2D eigenvalue weighted by Crippen LogP contribution is -2.02. The van der Waals surface area contributed by atoms with Gasteiger partial charge in [0.15, 0.2) is 0 Å². The first-order valence-corrected chi connectivity index (χ1v) is 5.52. The van der Waals surface area contributed by atoms with Gasteiger partial charge in [-0.25, -0.2) is 4.79 Å². The molecule has 3 nitrogen and oxygen atoms in total. The second-order valence-electron chi connectivity index (χ2n) is 3.22. The molecule has 0 saturated carbocycles. The van der Waals surface area contributed by atoms with Crippen molar-refractivity contribution in [3.05, 3.63) is 33.3 Å². The van der Waals surface area contributed by atoms with Crippen molar-refractivity contribution in [1.29, 1.82) is 0 Å². The Labute approximate surface area is 100 Å². The Morgan fingerprint density at radius 3 is 2.93 bits per heavy atom. The number of hydrogen-bond donors (Lipinski definition) is 0. The normalized spacial score (nSPS) is 15.1. The Balaban J connectivity index is 2.11. The molecule has 1 aliphatic heterocycles. The van der Waals surface area contributed by atoms with Crippen molar-refractivity contribution < 1.29 is 9.63 Å². The van der Waals surface area contributed by atoms with E-state index >= 15 is 0 Å². The molecule has 1 aromatic carbocycles. The molecule has 0 bridgehead atoms. The number of carbonyl (C=O) groups is 1. The van der Waals surface area contributed by atoms with Crippen molar-refractivity contribution in [3.8, 4) is 0 Å². The molecule has 0 radical (unpaired) electrons. The Morgan fingerprint density at radius 2 is 2.33 bits per heavy atom. The van der Waals surface area contributed by atoms with E-state index in [1.54, 1.807) is 0 Å². The van der Waals surface area contributed by atoms with Crippen molar-refractivity contribution in [2.75, 3.05) is 0 Å². The lowest BCUT2D eigenvalue weighted by atomic mass is 10.1. The van der Waals surface area contributed by atoms with Gasteiger partial charge in [0.05, 0.1) is 17.2 Å². The predicted molar refractivity (Wildman–Crippen MR) is 61.0 cm³/mol. The van der Waals surface area contributed by atoms with E-state index in [0.717, 1.165) is 15.7 Å². The van der Waals surface area contributed by atoms with Gasteiger partial charge in [0, 0.05) is 10.9 Å². The summed E-state index contributed by atoms with van der Waals surface area (Å²) in [5.41, 5.74) is 1.75. The second-order valence-corrected chi connectivity index (χ2v) is 4.48. The molecule has 1 aliphatic rings. The van der Waals surface area contributed by atoms with E-state index in [9.17, 15) is 4.79 Å². The molecule has 0 aromatic heterocycles. The molecule has 15 heavy (non-hydrogen) atoms. The van der Waals surface area contributed by atoms with Gasteiger partial charge in [0.1, 0.15) is 0 Å². The summed E-state index contributed by atoms with van der Waals surface area (Å²) in [5.74, 6) is -0.298. The smallest absolute Gasteiger partial charge is 0.318 e. The van der Waals surface area contributed by atoms with Crippen LogP contribution in [0, 0.1) is 0 Å². The molecule has 0 spiro atoms. The molecule has 0 aliphatic carbocycles. The SMILES string of the molecule is O=C1CC(Cc2ccc(Br)c(Cl)c2)=NO1. The lowest BCUT2D eigenvalue weighted by Gasteiger charge is -2.01. The average Bonchev–Trinajstić information content (AvgIpc) is 2.58. The maximum absolute atomic E-state index is 10.8. The molecule has 0 amide bonds. The van der Waals surface area contributed by atoms with Crippen LogP contribution < -0.4 is 0 Å². The highest BCUT2D eigenvalue weighted by molar-refractivity contribution is 9.10. The second kappa shape index (κ2) is 4.33. The van der Waals surface area contributed by atoms with E-state index in [1.165, 1.54) is 0 Å². The maximum atomic E-state index is 10.8. The van der Waals surface area contributed by atoms with E-state index < -0.39 is 0 Å². The highest BCUT2D eigenvalue weighted by atomic mass is 79.9.